The van der Waals surface area contributed by atoms with Crippen LogP contribution in [0.2, 0.25) is 0 Å². The van der Waals surface area contributed by atoms with Crippen molar-refractivity contribution in [3.8, 4) is 0 Å². The maximum Gasteiger partial charge on any atom is 0.276 e. The summed E-state index contributed by atoms with van der Waals surface area (Å²) in [5, 5.41) is 3.83. The molecule has 1 heterocycles. The van der Waals surface area contributed by atoms with Crippen molar-refractivity contribution in [2.75, 3.05) is 0 Å². The third-order valence-electron chi connectivity index (χ3n) is 3.24. The van der Waals surface area contributed by atoms with E-state index in [0.29, 0.717) is 11.1 Å². The summed E-state index contributed by atoms with van der Waals surface area (Å²) in [7, 11) is -3.68. The SMILES string of the molecule is Cc1ccc(S(=O)(=O)N/N=C\c2cccc3nccnc23)cc1. The first-order chi connectivity index (χ1) is 11.1. The molecule has 0 saturated carbocycles. The minimum atomic E-state index is -3.68. The van der Waals surface area contributed by atoms with E-state index in [0.717, 1.165) is 11.1 Å². The Morgan fingerprint density at radius 2 is 1.78 bits per heavy atom. The van der Waals surface area contributed by atoms with Gasteiger partial charge in [-0.3, -0.25) is 9.97 Å². The average Bonchev–Trinajstić information content (AvgIpc) is 2.55. The standard InChI is InChI=1S/C16H14N4O2S/c1-12-5-7-14(8-6-12)23(21,22)20-19-11-13-3-2-4-15-16(13)18-10-9-17-15/h2-11,20H,1H3/b19-11-. The fraction of sp³-hybridized carbons (Fsp3) is 0.0625. The predicted octanol–water partition coefficient (Wildman–Crippen LogP) is 2.25. The first-order valence-corrected chi connectivity index (χ1v) is 8.36. The molecule has 23 heavy (non-hydrogen) atoms. The van der Waals surface area contributed by atoms with Gasteiger partial charge in [0.1, 0.15) is 0 Å². The molecule has 0 unspecified atom stereocenters. The summed E-state index contributed by atoms with van der Waals surface area (Å²) in [6, 6.07) is 12.0. The highest BCUT2D eigenvalue weighted by molar-refractivity contribution is 7.89. The largest absolute Gasteiger partial charge is 0.276 e. The molecule has 0 radical (unpaired) electrons. The second-order valence-corrected chi connectivity index (χ2v) is 6.60. The van der Waals surface area contributed by atoms with Gasteiger partial charge in [-0.05, 0) is 25.1 Å². The molecule has 7 heteroatoms. The Morgan fingerprint density at radius 3 is 2.57 bits per heavy atom. The Balaban J connectivity index is 1.84. The van der Waals surface area contributed by atoms with Crippen LogP contribution in [0.1, 0.15) is 11.1 Å². The second-order valence-electron chi connectivity index (χ2n) is 4.94. The number of fused-ring (bicyclic) bond motifs is 1. The summed E-state index contributed by atoms with van der Waals surface area (Å²) < 4.78 is 24.3. The number of benzene rings is 2. The van der Waals surface area contributed by atoms with Gasteiger partial charge in [0.05, 0.1) is 22.1 Å². The first-order valence-electron chi connectivity index (χ1n) is 6.87. The van der Waals surface area contributed by atoms with E-state index in [1.165, 1.54) is 18.3 Å². The molecule has 2 aromatic carbocycles. The van der Waals surface area contributed by atoms with E-state index in [-0.39, 0.29) is 4.90 Å². The lowest BCUT2D eigenvalue weighted by atomic mass is 10.2. The van der Waals surface area contributed by atoms with E-state index in [1.807, 2.05) is 19.1 Å². The third-order valence-corrected chi connectivity index (χ3v) is 4.48. The van der Waals surface area contributed by atoms with Gasteiger partial charge in [-0.25, -0.2) is 4.83 Å². The van der Waals surface area contributed by atoms with Crippen LogP contribution in [0, 0.1) is 6.92 Å². The summed E-state index contributed by atoms with van der Waals surface area (Å²) >= 11 is 0. The molecule has 0 atom stereocenters. The maximum atomic E-state index is 12.1. The number of hydrogen-bond donors (Lipinski definition) is 1. The van der Waals surface area contributed by atoms with E-state index in [9.17, 15) is 8.42 Å². The Bertz CT molecular complexity index is 962. The van der Waals surface area contributed by atoms with Crippen molar-refractivity contribution in [2.24, 2.45) is 5.10 Å². The number of aryl methyl sites for hydroxylation is 1. The number of hydrazone groups is 1. The number of rotatable bonds is 4. The summed E-state index contributed by atoms with van der Waals surface area (Å²) in [6.07, 6.45) is 4.60. The fourth-order valence-electron chi connectivity index (χ4n) is 2.05. The van der Waals surface area contributed by atoms with E-state index in [4.69, 9.17) is 0 Å². The number of nitrogens with one attached hydrogen (secondary N) is 1. The van der Waals surface area contributed by atoms with Crippen LogP contribution in [0.15, 0.2) is 64.9 Å². The van der Waals surface area contributed by atoms with Gasteiger partial charge in [-0.1, -0.05) is 29.8 Å². The van der Waals surface area contributed by atoms with E-state index < -0.39 is 10.0 Å². The summed E-state index contributed by atoms with van der Waals surface area (Å²) in [5.41, 5.74) is 3.05. The van der Waals surface area contributed by atoms with Crippen molar-refractivity contribution in [2.45, 2.75) is 11.8 Å². The van der Waals surface area contributed by atoms with Crippen molar-refractivity contribution in [3.05, 3.63) is 66.0 Å². The van der Waals surface area contributed by atoms with Gasteiger partial charge in [-0.15, -0.1) is 0 Å². The number of hydrogen-bond acceptors (Lipinski definition) is 5. The van der Waals surface area contributed by atoms with Crippen LogP contribution >= 0.6 is 0 Å². The summed E-state index contributed by atoms with van der Waals surface area (Å²) in [4.78, 5) is 10.8. The van der Waals surface area contributed by atoms with E-state index in [2.05, 4.69) is 19.9 Å². The van der Waals surface area contributed by atoms with Crippen LogP contribution < -0.4 is 4.83 Å². The molecule has 0 spiro atoms. The molecule has 0 aliphatic heterocycles. The lowest BCUT2D eigenvalue weighted by Crippen LogP contribution is -2.18. The minimum absolute atomic E-state index is 0.165. The van der Waals surface area contributed by atoms with Gasteiger partial charge in [0.25, 0.3) is 10.0 Å². The Morgan fingerprint density at radius 1 is 1.04 bits per heavy atom. The van der Waals surface area contributed by atoms with Crippen LogP contribution in [0.4, 0.5) is 0 Å². The zero-order valence-electron chi connectivity index (χ0n) is 12.3. The molecule has 0 amide bonds. The van der Waals surface area contributed by atoms with Crippen molar-refractivity contribution < 1.29 is 8.42 Å². The molecular formula is C16H14N4O2S. The zero-order chi connectivity index (χ0) is 16.3. The fourth-order valence-corrected chi connectivity index (χ4v) is 2.85. The Kier molecular flexibility index (Phi) is 4.03. The smallest absolute Gasteiger partial charge is 0.253 e. The van der Waals surface area contributed by atoms with Gasteiger partial charge in [0.2, 0.25) is 0 Å². The summed E-state index contributed by atoms with van der Waals surface area (Å²) in [6.45, 7) is 1.89. The van der Waals surface area contributed by atoms with Crippen LogP contribution in [-0.4, -0.2) is 24.6 Å². The van der Waals surface area contributed by atoms with Crippen LogP contribution in [0.3, 0.4) is 0 Å². The highest BCUT2D eigenvalue weighted by Gasteiger charge is 2.11. The van der Waals surface area contributed by atoms with E-state index >= 15 is 0 Å². The molecule has 0 bridgehead atoms. The normalized spacial score (nSPS) is 11.9. The van der Waals surface area contributed by atoms with Crippen molar-refractivity contribution in [1.82, 2.24) is 14.8 Å². The molecule has 1 N–H and O–H groups in total. The third kappa shape index (κ3) is 3.35. The van der Waals surface area contributed by atoms with Gasteiger partial charge < -0.3 is 0 Å². The quantitative estimate of drug-likeness (QED) is 0.589. The lowest BCUT2D eigenvalue weighted by molar-refractivity contribution is 0.584. The molecule has 0 fully saturated rings. The maximum absolute atomic E-state index is 12.1. The summed E-state index contributed by atoms with van der Waals surface area (Å²) in [5.74, 6) is 0. The Labute approximate surface area is 134 Å². The van der Waals surface area contributed by atoms with Crippen molar-refractivity contribution in [3.63, 3.8) is 0 Å². The predicted molar refractivity (Wildman–Crippen MR) is 88.6 cm³/mol. The first kappa shape index (κ1) is 15.1. The Hall–Kier alpha value is -2.80. The number of nitrogens with zero attached hydrogens (tertiary/aromatic N) is 3. The van der Waals surface area contributed by atoms with Crippen molar-refractivity contribution >= 4 is 27.3 Å². The van der Waals surface area contributed by atoms with Gasteiger partial charge in [-0.2, -0.15) is 13.5 Å². The highest BCUT2D eigenvalue weighted by Crippen LogP contribution is 2.12. The van der Waals surface area contributed by atoms with Crippen LogP contribution in [-0.2, 0) is 10.0 Å². The molecule has 6 nitrogen and oxygen atoms in total. The minimum Gasteiger partial charge on any atom is -0.253 e. The zero-order valence-corrected chi connectivity index (χ0v) is 13.2. The molecule has 116 valence electrons. The molecule has 0 aliphatic carbocycles. The number of aromatic nitrogens is 2. The second kappa shape index (κ2) is 6.13. The number of para-hydroxylation sites is 1. The molecular weight excluding hydrogens is 312 g/mol. The van der Waals surface area contributed by atoms with Crippen molar-refractivity contribution in [1.29, 1.82) is 0 Å². The monoisotopic (exact) mass is 326 g/mol. The van der Waals surface area contributed by atoms with E-state index in [1.54, 1.807) is 30.6 Å². The van der Waals surface area contributed by atoms with Crippen LogP contribution in [0.5, 0.6) is 0 Å². The van der Waals surface area contributed by atoms with Gasteiger partial charge in [0, 0.05) is 18.0 Å². The lowest BCUT2D eigenvalue weighted by Gasteiger charge is -2.04. The highest BCUT2D eigenvalue weighted by atomic mass is 32.2. The molecule has 1 aromatic heterocycles. The van der Waals surface area contributed by atoms with Gasteiger partial charge in [0.15, 0.2) is 0 Å². The average molecular weight is 326 g/mol. The van der Waals surface area contributed by atoms with Crippen LogP contribution in [0.25, 0.3) is 11.0 Å². The molecule has 3 rings (SSSR count). The molecule has 0 saturated heterocycles. The van der Waals surface area contributed by atoms with Gasteiger partial charge >= 0.3 is 0 Å². The molecule has 3 aromatic rings. The molecule has 0 aliphatic rings. The number of sulfonamides is 1. The topological polar surface area (TPSA) is 84.3 Å².